The van der Waals surface area contributed by atoms with Gasteiger partial charge in [-0.25, -0.2) is 4.79 Å². The first-order valence-electron chi connectivity index (χ1n) is 6.26. The van der Waals surface area contributed by atoms with Gasteiger partial charge in [0, 0.05) is 31.5 Å². The summed E-state index contributed by atoms with van der Waals surface area (Å²) in [4.78, 5) is 11.8. The third kappa shape index (κ3) is 2.70. The predicted octanol–water partition coefficient (Wildman–Crippen LogP) is 0.904. The van der Waals surface area contributed by atoms with Crippen molar-refractivity contribution in [3.8, 4) is 11.5 Å². The van der Waals surface area contributed by atoms with Crippen molar-refractivity contribution in [1.82, 2.24) is 9.13 Å². The Morgan fingerprint density at radius 1 is 1.25 bits per heavy atom. The maximum absolute atomic E-state index is 11.8. The molecule has 0 radical (unpaired) electrons. The SMILES string of the molecule is COc1ccc(OC)c(C(N)Cn2ccn(C)c2=O)c1. The third-order valence-corrected chi connectivity index (χ3v) is 3.25. The van der Waals surface area contributed by atoms with Gasteiger partial charge in [0.05, 0.1) is 20.3 Å². The van der Waals surface area contributed by atoms with E-state index in [4.69, 9.17) is 15.2 Å². The number of methoxy groups -OCH3 is 2. The molecule has 2 aromatic rings. The number of nitrogens with zero attached hydrogens (tertiary/aromatic N) is 2. The monoisotopic (exact) mass is 277 g/mol. The van der Waals surface area contributed by atoms with Crippen LogP contribution in [0.3, 0.4) is 0 Å². The van der Waals surface area contributed by atoms with Gasteiger partial charge >= 0.3 is 5.69 Å². The van der Waals surface area contributed by atoms with E-state index in [0.29, 0.717) is 18.0 Å². The van der Waals surface area contributed by atoms with Gasteiger partial charge in [0.25, 0.3) is 0 Å². The first-order valence-corrected chi connectivity index (χ1v) is 6.26. The molecule has 0 fully saturated rings. The van der Waals surface area contributed by atoms with Gasteiger partial charge in [0.15, 0.2) is 0 Å². The van der Waals surface area contributed by atoms with Gasteiger partial charge in [-0.15, -0.1) is 0 Å². The summed E-state index contributed by atoms with van der Waals surface area (Å²) in [5.74, 6) is 1.39. The summed E-state index contributed by atoms with van der Waals surface area (Å²) in [7, 11) is 4.89. The molecule has 6 nitrogen and oxygen atoms in total. The highest BCUT2D eigenvalue weighted by Gasteiger charge is 2.15. The molecule has 0 aliphatic heterocycles. The van der Waals surface area contributed by atoms with Crippen LogP contribution in [0.5, 0.6) is 11.5 Å². The Labute approximate surface area is 117 Å². The first-order chi connectivity index (χ1) is 9.56. The third-order valence-electron chi connectivity index (χ3n) is 3.25. The standard InChI is InChI=1S/C14H19N3O3/c1-16-6-7-17(14(16)18)9-12(15)11-8-10(19-2)4-5-13(11)20-3/h4-8,12H,9,15H2,1-3H3. The van der Waals surface area contributed by atoms with Crippen molar-refractivity contribution in [2.75, 3.05) is 14.2 Å². The molecule has 1 unspecified atom stereocenters. The summed E-state index contributed by atoms with van der Waals surface area (Å²) in [6.07, 6.45) is 3.42. The Morgan fingerprint density at radius 2 is 2.00 bits per heavy atom. The minimum absolute atomic E-state index is 0.0951. The Hall–Kier alpha value is -2.21. The quantitative estimate of drug-likeness (QED) is 0.881. The summed E-state index contributed by atoms with van der Waals surface area (Å²) in [5.41, 5.74) is 6.91. The zero-order valence-electron chi connectivity index (χ0n) is 11.9. The lowest BCUT2D eigenvalue weighted by molar-refractivity contribution is 0.391. The Bertz CT molecular complexity index is 645. The summed E-state index contributed by atoms with van der Waals surface area (Å²) in [6, 6.07) is 5.09. The van der Waals surface area contributed by atoms with Crippen LogP contribution in [0.15, 0.2) is 35.4 Å². The molecule has 1 aromatic carbocycles. The second-order valence-electron chi connectivity index (χ2n) is 4.56. The van der Waals surface area contributed by atoms with E-state index < -0.39 is 0 Å². The highest BCUT2D eigenvalue weighted by atomic mass is 16.5. The number of imidazole rings is 1. The van der Waals surface area contributed by atoms with Gasteiger partial charge in [-0.1, -0.05) is 0 Å². The Kier molecular flexibility index (Phi) is 4.14. The number of aryl methyl sites for hydroxylation is 1. The van der Waals surface area contributed by atoms with Gasteiger partial charge in [-0.05, 0) is 18.2 Å². The van der Waals surface area contributed by atoms with Gasteiger partial charge in [-0.3, -0.25) is 4.57 Å². The van der Waals surface area contributed by atoms with Gasteiger partial charge in [0.2, 0.25) is 0 Å². The van der Waals surface area contributed by atoms with Crippen molar-refractivity contribution in [3.05, 3.63) is 46.6 Å². The maximum atomic E-state index is 11.8. The summed E-state index contributed by atoms with van der Waals surface area (Å²) >= 11 is 0. The van der Waals surface area contributed by atoms with Crippen LogP contribution in [-0.4, -0.2) is 23.4 Å². The minimum Gasteiger partial charge on any atom is -0.497 e. The minimum atomic E-state index is -0.361. The lowest BCUT2D eigenvalue weighted by Crippen LogP contribution is -2.27. The number of nitrogens with two attached hydrogens (primary N) is 1. The molecule has 20 heavy (non-hydrogen) atoms. The fraction of sp³-hybridized carbons (Fsp3) is 0.357. The van der Waals surface area contributed by atoms with Crippen molar-refractivity contribution in [2.24, 2.45) is 12.8 Å². The second-order valence-corrected chi connectivity index (χ2v) is 4.56. The molecule has 0 aliphatic carbocycles. The van der Waals surface area contributed by atoms with Gasteiger partial charge < -0.3 is 19.8 Å². The molecule has 0 amide bonds. The molecule has 108 valence electrons. The number of ether oxygens (including phenoxy) is 2. The largest absolute Gasteiger partial charge is 0.497 e. The van der Waals surface area contributed by atoms with E-state index in [9.17, 15) is 4.79 Å². The van der Waals surface area contributed by atoms with Crippen LogP contribution >= 0.6 is 0 Å². The molecular weight excluding hydrogens is 258 g/mol. The molecule has 1 aromatic heterocycles. The first kappa shape index (κ1) is 14.2. The maximum Gasteiger partial charge on any atom is 0.327 e. The van der Waals surface area contributed by atoms with E-state index >= 15 is 0 Å². The smallest absolute Gasteiger partial charge is 0.327 e. The molecule has 1 atom stereocenters. The molecule has 0 saturated heterocycles. The van der Waals surface area contributed by atoms with E-state index in [1.165, 1.54) is 4.57 Å². The van der Waals surface area contributed by atoms with Gasteiger partial charge in [0.1, 0.15) is 11.5 Å². The predicted molar refractivity (Wildman–Crippen MR) is 76.1 cm³/mol. The average Bonchev–Trinajstić information content (AvgIpc) is 2.78. The summed E-state index contributed by atoms with van der Waals surface area (Å²) in [5, 5.41) is 0. The highest BCUT2D eigenvalue weighted by Crippen LogP contribution is 2.28. The fourth-order valence-corrected chi connectivity index (χ4v) is 2.09. The zero-order valence-corrected chi connectivity index (χ0v) is 11.9. The number of rotatable bonds is 5. The molecule has 0 spiro atoms. The zero-order chi connectivity index (χ0) is 14.7. The van der Waals surface area contributed by atoms with Crippen molar-refractivity contribution < 1.29 is 9.47 Å². The fourth-order valence-electron chi connectivity index (χ4n) is 2.09. The molecule has 6 heteroatoms. The molecule has 0 aliphatic rings. The normalized spacial score (nSPS) is 12.2. The lowest BCUT2D eigenvalue weighted by Gasteiger charge is -2.17. The van der Waals surface area contributed by atoms with Crippen LogP contribution in [0.4, 0.5) is 0 Å². The summed E-state index contributed by atoms with van der Waals surface area (Å²) in [6.45, 7) is 0.378. The van der Waals surface area contributed by atoms with Crippen molar-refractivity contribution in [3.63, 3.8) is 0 Å². The number of hydrogen-bond donors (Lipinski definition) is 1. The van der Waals surface area contributed by atoms with Crippen molar-refractivity contribution in [2.45, 2.75) is 12.6 Å². The molecule has 0 saturated carbocycles. The van der Waals surface area contributed by atoms with Crippen LogP contribution in [0, 0.1) is 0 Å². The molecule has 2 rings (SSSR count). The molecule has 2 N–H and O–H groups in total. The molecule has 1 heterocycles. The van der Waals surface area contributed by atoms with Crippen LogP contribution in [0.25, 0.3) is 0 Å². The molecular formula is C14H19N3O3. The van der Waals surface area contributed by atoms with E-state index in [1.807, 2.05) is 18.2 Å². The summed E-state index contributed by atoms with van der Waals surface area (Å²) < 4.78 is 13.6. The van der Waals surface area contributed by atoms with Crippen LogP contribution in [-0.2, 0) is 13.6 Å². The lowest BCUT2D eigenvalue weighted by atomic mass is 10.1. The Balaban J connectivity index is 2.30. The Morgan fingerprint density at radius 3 is 2.55 bits per heavy atom. The van der Waals surface area contributed by atoms with Crippen LogP contribution in [0.1, 0.15) is 11.6 Å². The van der Waals surface area contributed by atoms with Gasteiger partial charge in [-0.2, -0.15) is 0 Å². The number of benzene rings is 1. The molecule has 0 bridgehead atoms. The number of hydrogen-bond acceptors (Lipinski definition) is 4. The highest BCUT2D eigenvalue weighted by molar-refractivity contribution is 5.42. The van der Waals surface area contributed by atoms with Crippen molar-refractivity contribution in [1.29, 1.82) is 0 Å². The van der Waals surface area contributed by atoms with Crippen molar-refractivity contribution >= 4 is 0 Å². The van der Waals surface area contributed by atoms with E-state index in [0.717, 1.165) is 5.56 Å². The average molecular weight is 277 g/mol. The van der Waals surface area contributed by atoms with E-state index in [1.54, 1.807) is 38.2 Å². The van der Waals surface area contributed by atoms with Crippen LogP contribution in [0.2, 0.25) is 0 Å². The second kappa shape index (κ2) is 5.83. The van der Waals surface area contributed by atoms with E-state index in [-0.39, 0.29) is 11.7 Å². The number of aromatic nitrogens is 2. The van der Waals surface area contributed by atoms with Crippen LogP contribution < -0.4 is 20.9 Å². The van der Waals surface area contributed by atoms with E-state index in [2.05, 4.69) is 0 Å². The topological polar surface area (TPSA) is 71.4 Å².